The Morgan fingerprint density at radius 3 is 2.39 bits per heavy atom. The highest BCUT2D eigenvalue weighted by atomic mass is 19.1. The van der Waals surface area contributed by atoms with Crippen LogP contribution in [0.5, 0.6) is 0 Å². The quantitative estimate of drug-likeness (QED) is 0.657. The summed E-state index contributed by atoms with van der Waals surface area (Å²) in [6.45, 7) is 8.11. The third-order valence-electron chi connectivity index (χ3n) is 6.52. The summed E-state index contributed by atoms with van der Waals surface area (Å²) in [7, 11) is 0. The number of nitrogens with zero attached hydrogens (tertiary/aromatic N) is 6. The minimum atomic E-state index is -1.01. The van der Waals surface area contributed by atoms with Crippen LogP contribution in [-0.2, 0) is 5.60 Å². The Hall–Kier alpha value is -3.33. The van der Waals surface area contributed by atoms with E-state index >= 15 is 0 Å². The number of aryl methyl sites for hydroxylation is 1. The number of fused-ring (bicyclic) bond motifs is 1. The van der Waals surface area contributed by atoms with Crippen LogP contribution in [0.3, 0.4) is 0 Å². The van der Waals surface area contributed by atoms with Gasteiger partial charge in [0.1, 0.15) is 28.5 Å². The fourth-order valence-corrected chi connectivity index (χ4v) is 4.86. The Labute approximate surface area is 191 Å². The zero-order valence-electron chi connectivity index (χ0n) is 18.9. The predicted octanol–water partition coefficient (Wildman–Crippen LogP) is 2.55. The van der Waals surface area contributed by atoms with Crippen LogP contribution >= 0.6 is 0 Å². The van der Waals surface area contributed by atoms with E-state index in [1.807, 2.05) is 19.1 Å². The van der Waals surface area contributed by atoms with Gasteiger partial charge in [0.2, 0.25) is 0 Å². The molecule has 4 heterocycles. The third kappa shape index (κ3) is 3.97. The van der Waals surface area contributed by atoms with Crippen LogP contribution in [0.25, 0.3) is 5.69 Å². The lowest BCUT2D eigenvalue weighted by molar-refractivity contribution is 0.0737. The lowest BCUT2D eigenvalue weighted by atomic mass is 10.0. The molecule has 2 aliphatic heterocycles. The SMILES string of the molecule is Cc1cc(N2C[C@H]3CN(C(=O)c4c(F)cccc4-n4nccn4)C[C@H]3C2)nc(C(C)(C)O)c1. The summed E-state index contributed by atoms with van der Waals surface area (Å²) in [6.07, 6.45) is 2.99. The molecule has 0 radical (unpaired) electrons. The number of amides is 1. The molecular formula is C24H27FN6O2. The molecule has 0 bridgehead atoms. The van der Waals surface area contributed by atoms with Crippen molar-refractivity contribution in [2.24, 2.45) is 11.8 Å². The number of pyridine rings is 1. The Balaban J connectivity index is 1.34. The number of aliphatic hydroxyl groups is 1. The van der Waals surface area contributed by atoms with E-state index in [0.717, 1.165) is 24.5 Å². The fraction of sp³-hybridized carbons (Fsp3) is 0.417. The van der Waals surface area contributed by atoms with Gasteiger partial charge in [-0.15, -0.1) is 0 Å². The van der Waals surface area contributed by atoms with Crippen molar-refractivity contribution in [3.63, 3.8) is 0 Å². The van der Waals surface area contributed by atoms with Crippen molar-refractivity contribution in [2.45, 2.75) is 26.4 Å². The molecule has 2 aliphatic rings. The van der Waals surface area contributed by atoms with Crippen LogP contribution in [0.15, 0.2) is 42.7 Å². The molecule has 0 saturated carbocycles. The Morgan fingerprint density at radius 1 is 1.09 bits per heavy atom. The van der Waals surface area contributed by atoms with Crippen molar-refractivity contribution in [1.29, 1.82) is 0 Å². The van der Waals surface area contributed by atoms with Crippen LogP contribution < -0.4 is 4.90 Å². The summed E-state index contributed by atoms with van der Waals surface area (Å²) < 4.78 is 14.7. The smallest absolute Gasteiger partial charge is 0.259 e. The lowest BCUT2D eigenvalue weighted by Gasteiger charge is -2.25. The molecule has 0 unspecified atom stereocenters. The topological polar surface area (TPSA) is 87.4 Å². The van der Waals surface area contributed by atoms with Crippen molar-refractivity contribution in [3.05, 3.63) is 65.4 Å². The maximum atomic E-state index is 14.7. The van der Waals surface area contributed by atoms with E-state index in [-0.39, 0.29) is 23.3 Å². The standard InChI is InChI=1S/C24H27FN6O2/c1-15-9-20(24(2,3)33)28-21(10-15)29-11-16-13-30(14-17(16)12-29)23(32)22-18(25)5-4-6-19(22)31-26-7-8-27-31/h4-10,16-17,33H,11-14H2,1-3H3/t16-,17+. The van der Waals surface area contributed by atoms with E-state index in [0.29, 0.717) is 24.5 Å². The molecule has 33 heavy (non-hydrogen) atoms. The van der Waals surface area contributed by atoms with Crippen molar-refractivity contribution in [2.75, 3.05) is 31.1 Å². The Kier molecular flexibility index (Phi) is 5.16. The molecule has 1 N–H and O–H groups in total. The molecule has 2 saturated heterocycles. The van der Waals surface area contributed by atoms with Gasteiger partial charge in [-0.1, -0.05) is 6.07 Å². The number of likely N-dealkylation sites (tertiary alicyclic amines) is 1. The molecule has 1 aromatic carbocycles. The minimum absolute atomic E-state index is 0.000648. The monoisotopic (exact) mass is 450 g/mol. The Bertz CT molecular complexity index is 1180. The van der Waals surface area contributed by atoms with Crippen LogP contribution in [0, 0.1) is 24.6 Å². The maximum absolute atomic E-state index is 14.7. The highest BCUT2D eigenvalue weighted by Crippen LogP contribution is 2.35. The second-order valence-electron chi connectivity index (χ2n) is 9.53. The highest BCUT2D eigenvalue weighted by molar-refractivity contribution is 5.98. The van der Waals surface area contributed by atoms with Crippen LogP contribution in [-0.4, -0.2) is 62.1 Å². The molecule has 9 heteroatoms. The zero-order valence-corrected chi connectivity index (χ0v) is 18.9. The number of anilines is 1. The van der Waals surface area contributed by atoms with E-state index in [4.69, 9.17) is 4.98 Å². The predicted molar refractivity (Wildman–Crippen MR) is 121 cm³/mol. The summed E-state index contributed by atoms with van der Waals surface area (Å²) in [5.74, 6) is 0.497. The van der Waals surface area contributed by atoms with Gasteiger partial charge < -0.3 is 14.9 Å². The third-order valence-corrected chi connectivity index (χ3v) is 6.52. The minimum Gasteiger partial charge on any atom is -0.384 e. The van der Waals surface area contributed by atoms with Crippen molar-refractivity contribution in [1.82, 2.24) is 24.9 Å². The molecule has 2 fully saturated rings. The van der Waals surface area contributed by atoms with Gasteiger partial charge in [-0.05, 0) is 50.6 Å². The van der Waals surface area contributed by atoms with Gasteiger partial charge in [0.05, 0.1) is 18.1 Å². The average molecular weight is 451 g/mol. The largest absolute Gasteiger partial charge is 0.384 e. The van der Waals surface area contributed by atoms with E-state index in [1.54, 1.807) is 30.9 Å². The summed E-state index contributed by atoms with van der Waals surface area (Å²) in [4.78, 5) is 23.3. The number of rotatable bonds is 4. The van der Waals surface area contributed by atoms with Gasteiger partial charge in [0.25, 0.3) is 5.91 Å². The number of hydrogen-bond donors (Lipinski definition) is 1. The number of hydrogen-bond acceptors (Lipinski definition) is 6. The van der Waals surface area contributed by atoms with E-state index in [2.05, 4.69) is 15.1 Å². The molecule has 5 rings (SSSR count). The first-order valence-corrected chi connectivity index (χ1v) is 11.1. The molecule has 2 atom stereocenters. The maximum Gasteiger partial charge on any atom is 0.259 e. The van der Waals surface area contributed by atoms with Crippen LogP contribution in [0.4, 0.5) is 10.2 Å². The van der Waals surface area contributed by atoms with E-state index in [9.17, 15) is 14.3 Å². The van der Waals surface area contributed by atoms with E-state index < -0.39 is 11.4 Å². The first-order valence-electron chi connectivity index (χ1n) is 11.1. The lowest BCUT2D eigenvalue weighted by Crippen LogP contribution is -2.34. The van der Waals surface area contributed by atoms with Gasteiger partial charge in [0, 0.05) is 38.0 Å². The van der Waals surface area contributed by atoms with Gasteiger partial charge in [-0.2, -0.15) is 15.0 Å². The van der Waals surface area contributed by atoms with Gasteiger partial charge in [-0.3, -0.25) is 4.79 Å². The number of carbonyl (C=O) groups excluding carboxylic acids is 1. The second kappa shape index (κ2) is 7.91. The second-order valence-corrected chi connectivity index (χ2v) is 9.53. The van der Waals surface area contributed by atoms with Crippen LogP contribution in [0.2, 0.25) is 0 Å². The number of halogens is 1. The molecular weight excluding hydrogens is 423 g/mol. The first kappa shape index (κ1) is 21.5. The first-order chi connectivity index (χ1) is 15.7. The summed E-state index contributed by atoms with van der Waals surface area (Å²) in [6, 6.07) is 8.43. The van der Waals surface area contributed by atoms with Crippen molar-refractivity contribution < 1.29 is 14.3 Å². The molecule has 3 aromatic rings. The Morgan fingerprint density at radius 2 is 1.76 bits per heavy atom. The van der Waals surface area contributed by atoms with Crippen molar-refractivity contribution >= 4 is 11.7 Å². The number of aromatic nitrogens is 4. The van der Waals surface area contributed by atoms with Gasteiger partial charge in [0.15, 0.2) is 0 Å². The van der Waals surface area contributed by atoms with E-state index in [1.165, 1.54) is 23.3 Å². The summed E-state index contributed by atoms with van der Waals surface area (Å²) in [5, 5.41) is 18.5. The normalized spacial score (nSPS) is 20.4. The van der Waals surface area contributed by atoms with Crippen molar-refractivity contribution in [3.8, 4) is 5.69 Å². The molecule has 0 spiro atoms. The summed E-state index contributed by atoms with van der Waals surface area (Å²) in [5.41, 5.74) is 1.02. The van der Waals surface area contributed by atoms with Gasteiger partial charge in [-0.25, -0.2) is 9.37 Å². The number of carbonyl (C=O) groups is 1. The molecule has 2 aromatic heterocycles. The molecule has 172 valence electrons. The molecule has 8 nitrogen and oxygen atoms in total. The van der Waals surface area contributed by atoms with Gasteiger partial charge >= 0.3 is 0 Å². The fourth-order valence-electron chi connectivity index (χ4n) is 4.86. The average Bonchev–Trinajstić information content (AvgIpc) is 3.48. The highest BCUT2D eigenvalue weighted by Gasteiger charge is 2.43. The molecule has 0 aliphatic carbocycles. The van der Waals surface area contributed by atoms with Crippen LogP contribution in [0.1, 0.15) is 35.5 Å². The zero-order chi connectivity index (χ0) is 23.3. The molecule has 1 amide bonds. The summed E-state index contributed by atoms with van der Waals surface area (Å²) >= 11 is 0. The number of benzene rings is 1.